The summed E-state index contributed by atoms with van der Waals surface area (Å²) >= 11 is 0. The van der Waals surface area contributed by atoms with Gasteiger partial charge in [0, 0.05) is 6.20 Å². The largest absolute Gasteiger partial charge is 0.460 e. The maximum Gasteiger partial charge on any atom is 0.417 e. The van der Waals surface area contributed by atoms with Gasteiger partial charge in [0.05, 0.1) is 23.2 Å². The minimum absolute atomic E-state index is 0.0326. The Balaban J connectivity index is 2.98. The first-order valence-electron chi connectivity index (χ1n) is 5.71. The summed E-state index contributed by atoms with van der Waals surface area (Å²) < 4.78 is 42.5. The van der Waals surface area contributed by atoms with Gasteiger partial charge in [0.25, 0.3) is 0 Å². The van der Waals surface area contributed by atoms with E-state index >= 15 is 0 Å². The highest BCUT2D eigenvalue weighted by Crippen LogP contribution is 2.29. The second kappa shape index (κ2) is 5.49. The van der Waals surface area contributed by atoms with Crippen LogP contribution in [0, 0.1) is 11.3 Å². The SMILES string of the molecule is CC(C)(C)OC(=O)Cc1ncc(C(F)(F)F)cc1C#N. The molecule has 1 aromatic rings. The Kier molecular flexibility index (Phi) is 4.38. The van der Waals surface area contributed by atoms with E-state index in [4.69, 9.17) is 10.00 Å². The monoisotopic (exact) mass is 286 g/mol. The molecule has 108 valence electrons. The third kappa shape index (κ3) is 4.53. The molecule has 0 saturated heterocycles. The molecule has 1 rings (SSSR count). The number of esters is 1. The number of ether oxygens (including phenoxy) is 1. The van der Waals surface area contributed by atoms with E-state index in [1.165, 1.54) is 0 Å². The Bertz CT molecular complexity index is 554. The third-order valence-electron chi connectivity index (χ3n) is 2.15. The van der Waals surface area contributed by atoms with E-state index in [2.05, 4.69) is 4.98 Å². The van der Waals surface area contributed by atoms with Crippen LogP contribution in [0.5, 0.6) is 0 Å². The number of aromatic nitrogens is 1. The third-order valence-corrected chi connectivity index (χ3v) is 2.15. The van der Waals surface area contributed by atoms with Crippen molar-refractivity contribution in [3.8, 4) is 6.07 Å². The topological polar surface area (TPSA) is 63.0 Å². The molecule has 4 nitrogen and oxygen atoms in total. The highest BCUT2D eigenvalue weighted by molar-refractivity contribution is 5.73. The highest BCUT2D eigenvalue weighted by Gasteiger charge is 2.32. The maximum absolute atomic E-state index is 12.5. The van der Waals surface area contributed by atoms with E-state index in [9.17, 15) is 18.0 Å². The Morgan fingerprint density at radius 3 is 2.45 bits per heavy atom. The molecule has 0 N–H and O–H groups in total. The van der Waals surface area contributed by atoms with E-state index in [-0.39, 0.29) is 17.7 Å². The van der Waals surface area contributed by atoms with Crippen LogP contribution in [0.3, 0.4) is 0 Å². The molecule has 0 unspecified atom stereocenters. The van der Waals surface area contributed by atoms with Crippen molar-refractivity contribution in [2.24, 2.45) is 0 Å². The number of hydrogen-bond donors (Lipinski definition) is 0. The number of carbonyl (C=O) groups excluding carboxylic acids is 1. The first-order chi connectivity index (χ1) is 9.03. The summed E-state index contributed by atoms with van der Waals surface area (Å²) in [5, 5.41) is 8.84. The lowest BCUT2D eigenvalue weighted by atomic mass is 10.1. The smallest absolute Gasteiger partial charge is 0.417 e. The standard InChI is InChI=1S/C13H13F3N2O2/c1-12(2,3)20-11(19)5-10-8(6-17)4-9(7-18-10)13(14,15)16/h4,7H,5H2,1-3H3. The fourth-order valence-electron chi connectivity index (χ4n) is 1.40. The van der Waals surface area contributed by atoms with Gasteiger partial charge in [-0.15, -0.1) is 0 Å². The molecule has 1 aromatic heterocycles. The van der Waals surface area contributed by atoms with Crippen LogP contribution in [-0.4, -0.2) is 16.6 Å². The van der Waals surface area contributed by atoms with Gasteiger partial charge in [-0.1, -0.05) is 0 Å². The lowest BCUT2D eigenvalue weighted by Gasteiger charge is -2.19. The Labute approximate surface area is 114 Å². The van der Waals surface area contributed by atoms with E-state index in [0.29, 0.717) is 12.3 Å². The first kappa shape index (κ1) is 16.0. The first-order valence-corrected chi connectivity index (χ1v) is 5.71. The normalized spacial score (nSPS) is 11.8. The van der Waals surface area contributed by atoms with Crippen LogP contribution < -0.4 is 0 Å². The number of halogens is 3. The molecule has 0 amide bonds. The average Bonchev–Trinajstić information content (AvgIpc) is 2.25. The van der Waals surface area contributed by atoms with Gasteiger partial charge in [0.15, 0.2) is 0 Å². The molecule has 0 bridgehead atoms. The lowest BCUT2D eigenvalue weighted by Crippen LogP contribution is -2.25. The average molecular weight is 286 g/mol. The summed E-state index contributed by atoms with van der Waals surface area (Å²) in [6, 6.07) is 2.28. The van der Waals surface area contributed by atoms with Crippen LogP contribution in [0.15, 0.2) is 12.3 Å². The predicted molar refractivity (Wildman–Crippen MR) is 63.5 cm³/mol. The summed E-state index contributed by atoms with van der Waals surface area (Å²) in [7, 11) is 0. The Morgan fingerprint density at radius 1 is 1.40 bits per heavy atom. The van der Waals surface area contributed by atoms with Gasteiger partial charge in [-0.25, -0.2) is 0 Å². The summed E-state index contributed by atoms with van der Waals surface area (Å²) in [5.74, 6) is -0.652. The van der Waals surface area contributed by atoms with Crippen LogP contribution in [-0.2, 0) is 22.1 Å². The molecule has 7 heteroatoms. The van der Waals surface area contributed by atoms with Crippen LogP contribution >= 0.6 is 0 Å². The quantitative estimate of drug-likeness (QED) is 0.784. The zero-order valence-electron chi connectivity index (χ0n) is 11.2. The molecular weight excluding hydrogens is 273 g/mol. The number of alkyl halides is 3. The number of pyridine rings is 1. The van der Waals surface area contributed by atoms with Crippen molar-refractivity contribution in [2.45, 2.75) is 39.0 Å². The molecule has 0 fully saturated rings. The zero-order valence-corrected chi connectivity index (χ0v) is 11.2. The van der Waals surface area contributed by atoms with Gasteiger partial charge < -0.3 is 4.74 Å². The van der Waals surface area contributed by atoms with Crippen LogP contribution in [0.2, 0.25) is 0 Å². The van der Waals surface area contributed by atoms with Crippen molar-refractivity contribution < 1.29 is 22.7 Å². The van der Waals surface area contributed by atoms with Crippen molar-refractivity contribution >= 4 is 5.97 Å². The second-order valence-corrected chi connectivity index (χ2v) is 5.09. The maximum atomic E-state index is 12.5. The molecule has 0 aliphatic carbocycles. The van der Waals surface area contributed by atoms with Gasteiger partial charge >= 0.3 is 12.1 Å². The second-order valence-electron chi connectivity index (χ2n) is 5.09. The minimum atomic E-state index is -4.58. The number of hydrogen-bond acceptors (Lipinski definition) is 4. The highest BCUT2D eigenvalue weighted by atomic mass is 19.4. The lowest BCUT2D eigenvalue weighted by molar-refractivity contribution is -0.154. The molecule has 0 aromatic carbocycles. The fraction of sp³-hybridized carbons (Fsp3) is 0.462. The summed E-state index contributed by atoms with van der Waals surface area (Å²) in [6.45, 7) is 4.99. The summed E-state index contributed by atoms with van der Waals surface area (Å²) in [5.41, 5.74) is -2.06. The predicted octanol–water partition coefficient (Wildman–Crippen LogP) is 2.86. The van der Waals surface area contributed by atoms with Crippen molar-refractivity contribution in [3.05, 3.63) is 29.1 Å². The number of nitriles is 1. The Hall–Kier alpha value is -2.10. The number of nitrogens with zero attached hydrogens (tertiary/aromatic N) is 2. The van der Waals surface area contributed by atoms with Gasteiger partial charge in [0.1, 0.15) is 11.7 Å². The number of rotatable bonds is 2. The fourth-order valence-corrected chi connectivity index (χ4v) is 1.40. The van der Waals surface area contributed by atoms with E-state index in [0.717, 1.165) is 0 Å². The molecule has 0 radical (unpaired) electrons. The molecular formula is C13H13F3N2O2. The van der Waals surface area contributed by atoms with E-state index < -0.39 is 23.3 Å². The molecule has 0 saturated carbocycles. The molecule has 0 aliphatic rings. The van der Waals surface area contributed by atoms with Crippen molar-refractivity contribution in [1.82, 2.24) is 4.98 Å². The Morgan fingerprint density at radius 2 is 2.00 bits per heavy atom. The number of carbonyl (C=O) groups is 1. The summed E-state index contributed by atoms with van der Waals surface area (Å²) in [4.78, 5) is 15.1. The van der Waals surface area contributed by atoms with Gasteiger partial charge in [-0.2, -0.15) is 18.4 Å². The van der Waals surface area contributed by atoms with Gasteiger partial charge in [-0.05, 0) is 26.8 Å². The molecule has 0 aliphatic heterocycles. The summed E-state index contributed by atoms with van der Waals surface area (Å²) in [6.07, 6.45) is -4.33. The van der Waals surface area contributed by atoms with Crippen LogP contribution in [0.1, 0.15) is 37.6 Å². The molecule has 20 heavy (non-hydrogen) atoms. The van der Waals surface area contributed by atoms with Gasteiger partial charge in [-0.3, -0.25) is 9.78 Å². The van der Waals surface area contributed by atoms with Crippen molar-refractivity contribution in [2.75, 3.05) is 0 Å². The van der Waals surface area contributed by atoms with Crippen LogP contribution in [0.4, 0.5) is 13.2 Å². The van der Waals surface area contributed by atoms with Gasteiger partial charge in [0.2, 0.25) is 0 Å². The molecule has 0 atom stereocenters. The van der Waals surface area contributed by atoms with Crippen LogP contribution in [0.25, 0.3) is 0 Å². The zero-order chi connectivity index (χ0) is 15.6. The van der Waals surface area contributed by atoms with E-state index in [1.807, 2.05) is 0 Å². The molecule has 1 heterocycles. The van der Waals surface area contributed by atoms with E-state index in [1.54, 1.807) is 26.8 Å². The molecule has 0 spiro atoms. The van der Waals surface area contributed by atoms with Crippen molar-refractivity contribution in [3.63, 3.8) is 0 Å². The van der Waals surface area contributed by atoms with Crippen molar-refractivity contribution in [1.29, 1.82) is 5.26 Å². The minimum Gasteiger partial charge on any atom is -0.460 e.